The van der Waals surface area contributed by atoms with Crippen LogP contribution in [0.1, 0.15) is 31.7 Å². The summed E-state index contributed by atoms with van der Waals surface area (Å²) in [4.78, 5) is 2.31. The van der Waals surface area contributed by atoms with E-state index in [0.29, 0.717) is 6.04 Å². The van der Waals surface area contributed by atoms with Gasteiger partial charge in [0.1, 0.15) is 0 Å². The second-order valence-electron chi connectivity index (χ2n) is 4.78. The molecule has 1 aliphatic heterocycles. The number of hydrogen-bond donors (Lipinski definition) is 1. The fourth-order valence-corrected chi connectivity index (χ4v) is 2.33. The Morgan fingerprint density at radius 3 is 3.00 bits per heavy atom. The highest BCUT2D eigenvalue weighted by Gasteiger charge is 2.16. The molecule has 0 amide bonds. The SMILES string of the molecule is CCN(CC1CCCCN1)c1cc(C)cnn1. The van der Waals surface area contributed by atoms with E-state index in [2.05, 4.69) is 40.3 Å². The van der Waals surface area contributed by atoms with Crippen LogP contribution < -0.4 is 10.2 Å². The zero-order chi connectivity index (χ0) is 12.1. The van der Waals surface area contributed by atoms with Gasteiger partial charge < -0.3 is 10.2 Å². The molecule has 0 aliphatic carbocycles. The number of nitrogens with one attached hydrogen (secondary N) is 1. The minimum atomic E-state index is 0.603. The van der Waals surface area contributed by atoms with E-state index in [1.54, 1.807) is 6.20 Å². The zero-order valence-corrected chi connectivity index (χ0v) is 10.8. The molecule has 2 rings (SSSR count). The Bertz CT molecular complexity index is 347. The number of likely N-dealkylation sites (N-methyl/N-ethyl adjacent to an activating group) is 1. The Morgan fingerprint density at radius 2 is 2.35 bits per heavy atom. The average Bonchev–Trinajstić information content (AvgIpc) is 2.37. The maximum absolute atomic E-state index is 4.22. The summed E-state index contributed by atoms with van der Waals surface area (Å²) in [5.41, 5.74) is 1.17. The lowest BCUT2D eigenvalue weighted by Gasteiger charge is -2.30. The molecule has 2 heterocycles. The van der Waals surface area contributed by atoms with E-state index in [9.17, 15) is 0 Å². The summed E-state index contributed by atoms with van der Waals surface area (Å²) < 4.78 is 0. The van der Waals surface area contributed by atoms with Crippen molar-refractivity contribution >= 4 is 5.82 Å². The van der Waals surface area contributed by atoms with Gasteiger partial charge >= 0.3 is 0 Å². The van der Waals surface area contributed by atoms with E-state index in [0.717, 1.165) is 25.5 Å². The highest BCUT2D eigenvalue weighted by molar-refractivity contribution is 5.39. The lowest BCUT2D eigenvalue weighted by Crippen LogP contribution is -2.44. The molecule has 1 N–H and O–H groups in total. The molecule has 1 fully saturated rings. The predicted molar refractivity (Wildman–Crippen MR) is 70.3 cm³/mol. The summed E-state index contributed by atoms with van der Waals surface area (Å²) in [6, 6.07) is 2.71. The second kappa shape index (κ2) is 5.96. The molecule has 1 saturated heterocycles. The van der Waals surface area contributed by atoms with Crippen LogP contribution in [0.15, 0.2) is 12.3 Å². The molecule has 1 unspecified atom stereocenters. The Morgan fingerprint density at radius 1 is 1.47 bits per heavy atom. The van der Waals surface area contributed by atoms with Crippen LogP contribution in [0.25, 0.3) is 0 Å². The third kappa shape index (κ3) is 3.40. The zero-order valence-electron chi connectivity index (χ0n) is 10.8. The number of aromatic nitrogens is 2. The van der Waals surface area contributed by atoms with Gasteiger partial charge in [-0.05, 0) is 44.9 Å². The van der Waals surface area contributed by atoms with Crippen LogP contribution >= 0.6 is 0 Å². The van der Waals surface area contributed by atoms with Crippen molar-refractivity contribution in [3.8, 4) is 0 Å². The fourth-order valence-electron chi connectivity index (χ4n) is 2.33. The number of hydrogen-bond acceptors (Lipinski definition) is 4. The molecule has 17 heavy (non-hydrogen) atoms. The highest BCUT2D eigenvalue weighted by atomic mass is 15.3. The normalized spacial score (nSPS) is 20.2. The van der Waals surface area contributed by atoms with E-state index < -0.39 is 0 Å². The monoisotopic (exact) mass is 234 g/mol. The largest absolute Gasteiger partial charge is 0.354 e. The molecule has 0 bridgehead atoms. The van der Waals surface area contributed by atoms with Gasteiger partial charge in [-0.15, -0.1) is 5.10 Å². The molecule has 94 valence electrons. The second-order valence-corrected chi connectivity index (χ2v) is 4.78. The molecule has 4 heteroatoms. The Labute approximate surface area is 103 Å². The fraction of sp³-hybridized carbons (Fsp3) is 0.692. The van der Waals surface area contributed by atoms with Crippen LogP contribution in [-0.4, -0.2) is 35.9 Å². The van der Waals surface area contributed by atoms with Crippen LogP contribution in [-0.2, 0) is 0 Å². The first-order valence-electron chi connectivity index (χ1n) is 6.57. The molecule has 1 aromatic heterocycles. The van der Waals surface area contributed by atoms with Gasteiger partial charge in [0.2, 0.25) is 0 Å². The van der Waals surface area contributed by atoms with Gasteiger partial charge in [-0.3, -0.25) is 0 Å². The first-order valence-corrected chi connectivity index (χ1v) is 6.57. The van der Waals surface area contributed by atoms with E-state index in [-0.39, 0.29) is 0 Å². The van der Waals surface area contributed by atoms with Gasteiger partial charge in [0.05, 0.1) is 6.20 Å². The van der Waals surface area contributed by atoms with Gasteiger partial charge in [-0.1, -0.05) is 6.42 Å². The first kappa shape index (κ1) is 12.3. The molecule has 1 aliphatic rings. The standard InChI is InChI=1S/C13H22N4/c1-3-17(10-12-6-4-5-7-14-12)13-8-11(2)9-15-16-13/h8-9,12,14H,3-7,10H2,1-2H3. The number of rotatable bonds is 4. The third-order valence-electron chi connectivity index (χ3n) is 3.34. The van der Waals surface area contributed by atoms with Crippen molar-refractivity contribution < 1.29 is 0 Å². The van der Waals surface area contributed by atoms with Crippen molar-refractivity contribution in [1.82, 2.24) is 15.5 Å². The number of nitrogens with zero attached hydrogens (tertiary/aromatic N) is 3. The van der Waals surface area contributed by atoms with Crippen molar-refractivity contribution in [2.24, 2.45) is 0 Å². The van der Waals surface area contributed by atoms with Crippen LogP contribution in [0.5, 0.6) is 0 Å². The molecule has 1 atom stereocenters. The number of aryl methyl sites for hydroxylation is 1. The molecule has 0 spiro atoms. The molecule has 4 nitrogen and oxygen atoms in total. The van der Waals surface area contributed by atoms with Crippen LogP contribution in [0.3, 0.4) is 0 Å². The third-order valence-corrected chi connectivity index (χ3v) is 3.34. The lowest BCUT2D eigenvalue weighted by atomic mass is 10.0. The van der Waals surface area contributed by atoms with Crippen molar-refractivity contribution in [3.05, 3.63) is 17.8 Å². The molecule has 0 aromatic carbocycles. The highest BCUT2D eigenvalue weighted by Crippen LogP contribution is 2.14. The summed E-state index contributed by atoms with van der Waals surface area (Å²) in [6.07, 6.45) is 5.73. The van der Waals surface area contributed by atoms with E-state index in [1.807, 2.05) is 0 Å². The summed E-state index contributed by atoms with van der Waals surface area (Å²) >= 11 is 0. The van der Waals surface area contributed by atoms with Gasteiger partial charge in [0.25, 0.3) is 0 Å². The summed E-state index contributed by atoms with van der Waals surface area (Å²) in [6.45, 7) is 7.41. The predicted octanol–water partition coefficient (Wildman–Crippen LogP) is 1.75. The molecular weight excluding hydrogens is 212 g/mol. The van der Waals surface area contributed by atoms with Crippen LogP contribution in [0.2, 0.25) is 0 Å². The van der Waals surface area contributed by atoms with Gasteiger partial charge in [-0.25, -0.2) is 0 Å². The smallest absolute Gasteiger partial charge is 0.151 e. The van der Waals surface area contributed by atoms with Gasteiger partial charge in [-0.2, -0.15) is 5.10 Å². The number of anilines is 1. The number of piperidine rings is 1. The Kier molecular flexibility index (Phi) is 4.31. The summed E-state index contributed by atoms with van der Waals surface area (Å²) in [7, 11) is 0. The van der Waals surface area contributed by atoms with E-state index >= 15 is 0 Å². The van der Waals surface area contributed by atoms with E-state index in [4.69, 9.17) is 0 Å². The van der Waals surface area contributed by atoms with Crippen LogP contribution in [0.4, 0.5) is 5.82 Å². The van der Waals surface area contributed by atoms with Crippen molar-refractivity contribution in [2.45, 2.75) is 39.2 Å². The average molecular weight is 234 g/mol. The van der Waals surface area contributed by atoms with Crippen LogP contribution in [0, 0.1) is 6.92 Å². The Hall–Kier alpha value is -1.16. The lowest BCUT2D eigenvalue weighted by molar-refractivity contribution is 0.399. The summed E-state index contributed by atoms with van der Waals surface area (Å²) in [5, 5.41) is 11.8. The molecule has 1 aromatic rings. The minimum Gasteiger partial charge on any atom is -0.354 e. The van der Waals surface area contributed by atoms with Gasteiger partial charge in [0.15, 0.2) is 5.82 Å². The molecular formula is C13H22N4. The topological polar surface area (TPSA) is 41.0 Å². The van der Waals surface area contributed by atoms with Crippen molar-refractivity contribution in [1.29, 1.82) is 0 Å². The first-order chi connectivity index (χ1) is 8.29. The van der Waals surface area contributed by atoms with Crippen molar-refractivity contribution in [2.75, 3.05) is 24.5 Å². The van der Waals surface area contributed by atoms with E-state index in [1.165, 1.54) is 24.8 Å². The van der Waals surface area contributed by atoms with Gasteiger partial charge in [0, 0.05) is 19.1 Å². The quantitative estimate of drug-likeness (QED) is 0.862. The maximum Gasteiger partial charge on any atom is 0.151 e. The Balaban J connectivity index is 2.00. The summed E-state index contributed by atoms with van der Waals surface area (Å²) in [5.74, 6) is 1.000. The molecule has 0 saturated carbocycles. The minimum absolute atomic E-state index is 0.603. The van der Waals surface area contributed by atoms with Crippen molar-refractivity contribution in [3.63, 3.8) is 0 Å². The maximum atomic E-state index is 4.22. The molecule has 0 radical (unpaired) electrons.